The standard InChI is InChI=1S/C15H31NO/c1-2-3-4-5-6-7-8-9-12-16-13-15(17)14-10-11-14/h14-17H,2-13H2,1H3. The third-order valence-corrected chi connectivity index (χ3v) is 3.73. The smallest absolute Gasteiger partial charge is 0.0692 e. The number of hydrogen-bond donors (Lipinski definition) is 2. The molecule has 1 unspecified atom stereocenters. The fourth-order valence-corrected chi connectivity index (χ4v) is 2.28. The molecular formula is C15H31NO. The minimum Gasteiger partial charge on any atom is -0.392 e. The van der Waals surface area contributed by atoms with E-state index in [-0.39, 0.29) is 6.10 Å². The summed E-state index contributed by atoms with van der Waals surface area (Å²) in [6.07, 6.45) is 13.4. The lowest BCUT2D eigenvalue weighted by atomic mass is 10.1. The van der Waals surface area contributed by atoms with Gasteiger partial charge in [0.05, 0.1) is 6.10 Å². The van der Waals surface area contributed by atoms with Crippen molar-refractivity contribution in [3.8, 4) is 0 Å². The van der Waals surface area contributed by atoms with Crippen LogP contribution in [0.3, 0.4) is 0 Å². The first-order valence-electron chi connectivity index (χ1n) is 7.73. The monoisotopic (exact) mass is 241 g/mol. The lowest BCUT2D eigenvalue weighted by Crippen LogP contribution is -2.28. The zero-order valence-electron chi connectivity index (χ0n) is 11.6. The van der Waals surface area contributed by atoms with Crippen molar-refractivity contribution in [2.45, 2.75) is 77.2 Å². The first-order chi connectivity index (χ1) is 8.34. The highest BCUT2D eigenvalue weighted by molar-refractivity contribution is 4.81. The molecule has 2 nitrogen and oxygen atoms in total. The van der Waals surface area contributed by atoms with Crippen LogP contribution >= 0.6 is 0 Å². The molecule has 1 atom stereocenters. The van der Waals surface area contributed by atoms with Crippen molar-refractivity contribution in [3.63, 3.8) is 0 Å². The zero-order valence-corrected chi connectivity index (χ0v) is 11.6. The van der Waals surface area contributed by atoms with Gasteiger partial charge in [-0.1, -0.05) is 51.9 Å². The van der Waals surface area contributed by atoms with Crippen LogP contribution in [0.15, 0.2) is 0 Å². The molecule has 0 aromatic carbocycles. The van der Waals surface area contributed by atoms with Crippen LogP contribution in [-0.4, -0.2) is 24.3 Å². The van der Waals surface area contributed by atoms with Crippen molar-refractivity contribution in [2.75, 3.05) is 13.1 Å². The lowest BCUT2D eigenvalue weighted by Gasteiger charge is -2.10. The van der Waals surface area contributed by atoms with Crippen LogP contribution < -0.4 is 5.32 Å². The summed E-state index contributed by atoms with van der Waals surface area (Å²) in [4.78, 5) is 0. The number of aliphatic hydroxyl groups excluding tert-OH is 1. The van der Waals surface area contributed by atoms with Gasteiger partial charge in [-0.05, 0) is 31.7 Å². The van der Waals surface area contributed by atoms with Crippen molar-refractivity contribution in [2.24, 2.45) is 5.92 Å². The Morgan fingerprint density at radius 2 is 1.59 bits per heavy atom. The van der Waals surface area contributed by atoms with Gasteiger partial charge in [0, 0.05) is 6.54 Å². The Morgan fingerprint density at radius 3 is 2.18 bits per heavy atom. The van der Waals surface area contributed by atoms with E-state index in [9.17, 15) is 5.11 Å². The fourth-order valence-electron chi connectivity index (χ4n) is 2.28. The molecule has 0 spiro atoms. The SMILES string of the molecule is CCCCCCCCCCNCC(O)C1CC1. The first-order valence-corrected chi connectivity index (χ1v) is 7.73. The summed E-state index contributed by atoms with van der Waals surface area (Å²) in [6, 6.07) is 0. The largest absolute Gasteiger partial charge is 0.392 e. The van der Waals surface area contributed by atoms with Gasteiger partial charge in [0.2, 0.25) is 0 Å². The normalized spacial score (nSPS) is 17.3. The molecule has 0 aromatic heterocycles. The molecule has 1 saturated carbocycles. The highest BCUT2D eigenvalue weighted by atomic mass is 16.3. The molecule has 1 aliphatic rings. The van der Waals surface area contributed by atoms with Crippen LogP contribution in [0.1, 0.15) is 71.1 Å². The summed E-state index contributed by atoms with van der Waals surface area (Å²) < 4.78 is 0. The van der Waals surface area contributed by atoms with Crippen molar-refractivity contribution in [1.29, 1.82) is 0 Å². The fraction of sp³-hybridized carbons (Fsp3) is 1.00. The summed E-state index contributed by atoms with van der Waals surface area (Å²) >= 11 is 0. The minimum atomic E-state index is -0.0796. The zero-order chi connectivity index (χ0) is 12.3. The summed E-state index contributed by atoms with van der Waals surface area (Å²) in [5.74, 6) is 0.612. The number of aliphatic hydroxyl groups is 1. The molecule has 17 heavy (non-hydrogen) atoms. The van der Waals surface area contributed by atoms with Crippen LogP contribution in [0.2, 0.25) is 0 Å². The van der Waals surface area contributed by atoms with E-state index < -0.39 is 0 Å². The topological polar surface area (TPSA) is 32.3 Å². The summed E-state index contributed by atoms with van der Waals surface area (Å²) in [6.45, 7) is 4.15. The second kappa shape index (κ2) is 9.90. The van der Waals surface area contributed by atoms with Gasteiger partial charge in [0.1, 0.15) is 0 Å². The van der Waals surface area contributed by atoms with Crippen molar-refractivity contribution >= 4 is 0 Å². The average Bonchev–Trinajstić information content (AvgIpc) is 3.15. The molecule has 2 heteroatoms. The molecule has 0 aromatic rings. The highest BCUT2D eigenvalue weighted by Crippen LogP contribution is 2.32. The Kier molecular flexibility index (Phi) is 8.72. The van der Waals surface area contributed by atoms with Gasteiger partial charge in [-0.25, -0.2) is 0 Å². The van der Waals surface area contributed by atoms with Gasteiger partial charge in [-0.2, -0.15) is 0 Å². The molecule has 1 aliphatic carbocycles. The number of rotatable bonds is 12. The molecule has 0 amide bonds. The quantitative estimate of drug-likeness (QED) is 0.513. The van der Waals surface area contributed by atoms with Gasteiger partial charge < -0.3 is 10.4 Å². The van der Waals surface area contributed by atoms with Crippen LogP contribution in [0.4, 0.5) is 0 Å². The Morgan fingerprint density at radius 1 is 1.00 bits per heavy atom. The second-order valence-electron chi connectivity index (χ2n) is 5.58. The summed E-state index contributed by atoms with van der Waals surface area (Å²) in [7, 11) is 0. The van der Waals surface area contributed by atoms with E-state index in [4.69, 9.17) is 0 Å². The maximum Gasteiger partial charge on any atom is 0.0692 e. The van der Waals surface area contributed by atoms with Gasteiger partial charge in [0.15, 0.2) is 0 Å². The highest BCUT2D eigenvalue weighted by Gasteiger charge is 2.28. The van der Waals surface area contributed by atoms with E-state index in [0.29, 0.717) is 5.92 Å². The number of nitrogens with one attached hydrogen (secondary N) is 1. The summed E-state index contributed by atoms with van der Waals surface area (Å²) in [5, 5.41) is 13.0. The number of hydrogen-bond acceptors (Lipinski definition) is 2. The molecular weight excluding hydrogens is 210 g/mol. The van der Waals surface area contributed by atoms with Crippen LogP contribution in [-0.2, 0) is 0 Å². The predicted molar refractivity (Wildman–Crippen MR) is 74.2 cm³/mol. The van der Waals surface area contributed by atoms with E-state index in [1.807, 2.05) is 0 Å². The van der Waals surface area contributed by atoms with Crippen LogP contribution in [0.5, 0.6) is 0 Å². The van der Waals surface area contributed by atoms with Gasteiger partial charge in [-0.3, -0.25) is 0 Å². The molecule has 1 rings (SSSR count). The van der Waals surface area contributed by atoms with Crippen LogP contribution in [0.25, 0.3) is 0 Å². The summed E-state index contributed by atoms with van der Waals surface area (Å²) in [5.41, 5.74) is 0. The molecule has 0 bridgehead atoms. The number of unbranched alkanes of at least 4 members (excludes halogenated alkanes) is 7. The average molecular weight is 241 g/mol. The Hall–Kier alpha value is -0.0800. The third-order valence-electron chi connectivity index (χ3n) is 3.73. The van der Waals surface area contributed by atoms with Crippen molar-refractivity contribution in [1.82, 2.24) is 5.32 Å². The molecule has 0 heterocycles. The third kappa shape index (κ3) is 8.62. The molecule has 2 N–H and O–H groups in total. The second-order valence-corrected chi connectivity index (χ2v) is 5.58. The van der Waals surface area contributed by atoms with Crippen molar-refractivity contribution < 1.29 is 5.11 Å². The van der Waals surface area contributed by atoms with E-state index in [2.05, 4.69) is 12.2 Å². The Balaban J connectivity index is 1.69. The van der Waals surface area contributed by atoms with E-state index in [0.717, 1.165) is 13.1 Å². The first kappa shape index (κ1) is 15.0. The van der Waals surface area contributed by atoms with E-state index >= 15 is 0 Å². The van der Waals surface area contributed by atoms with Crippen LogP contribution in [0, 0.1) is 5.92 Å². The Labute approximate surface area is 107 Å². The minimum absolute atomic E-state index is 0.0796. The predicted octanol–water partition coefficient (Wildman–Crippen LogP) is 3.49. The molecule has 0 radical (unpaired) electrons. The van der Waals surface area contributed by atoms with Gasteiger partial charge in [0.25, 0.3) is 0 Å². The van der Waals surface area contributed by atoms with E-state index in [1.165, 1.54) is 64.2 Å². The van der Waals surface area contributed by atoms with Gasteiger partial charge >= 0.3 is 0 Å². The van der Waals surface area contributed by atoms with E-state index in [1.54, 1.807) is 0 Å². The molecule has 0 aliphatic heterocycles. The maximum atomic E-state index is 9.65. The lowest BCUT2D eigenvalue weighted by molar-refractivity contribution is 0.149. The molecule has 1 fully saturated rings. The molecule has 0 saturated heterocycles. The van der Waals surface area contributed by atoms with Crippen molar-refractivity contribution in [3.05, 3.63) is 0 Å². The molecule has 102 valence electrons. The maximum absolute atomic E-state index is 9.65. The van der Waals surface area contributed by atoms with Gasteiger partial charge in [-0.15, -0.1) is 0 Å². The Bertz CT molecular complexity index is 168.